The smallest absolute Gasteiger partial charge is 0.427 e. The van der Waals surface area contributed by atoms with Gasteiger partial charge in [-0.05, 0) is 40.2 Å². The van der Waals surface area contributed by atoms with Crippen LogP contribution in [0.3, 0.4) is 0 Å². The highest BCUT2D eigenvalue weighted by molar-refractivity contribution is 7.89. The van der Waals surface area contributed by atoms with Crippen LogP contribution in [0, 0.1) is 0 Å². The first kappa shape index (κ1) is 21.0. The lowest BCUT2D eigenvalue weighted by molar-refractivity contribution is -0.117. The summed E-state index contributed by atoms with van der Waals surface area (Å²) in [7, 11) is -5.24. The molecule has 0 aliphatic carbocycles. The number of anilines is 1. The number of carbonyl (C=O) groups excluding carboxylic acids is 1. The fourth-order valence-electron chi connectivity index (χ4n) is 3.50. The minimum Gasteiger partial charge on any atom is -0.427 e. The third-order valence-electron chi connectivity index (χ3n) is 5.11. The summed E-state index contributed by atoms with van der Waals surface area (Å²) in [6.45, 7) is 0.0299. The zero-order valence-corrected chi connectivity index (χ0v) is 17.5. The predicted molar refractivity (Wildman–Crippen MR) is 120 cm³/mol. The number of hydrogen-bond acceptors (Lipinski definition) is 7. The van der Waals surface area contributed by atoms with Gasteiger partial charge in [-0.3, -0.25) is 9.78 Å². The van der Waals surface area contributed by atoms with Crippen LogP contribution in [-0.4, -0.2) is 54.7 Å². The molecule has 1 amide bonds. The van der Waals surface area contributed by atoms with Crippen LogP contribution in [0.5, 0.6) is 0 Å². The van der Waals surface area contributed by atoms with Crippen molar-refractivity contribution in [1.29, 1.82) is 0 Å². The molecule has 2 heterocycles. The Labute approximate surface area is 179 Å². The molecule has 0 fully saturated rings. The monoisotopic (exact) mass is 437 g/mol. The molecule has 0 bridgehead atoms. The Morgan fingerprint density at radius 1 is 1.23 bits per heavy atom. The van der Waals surface area contributed by atoms with Crippen molar-refractivity contribution >= 4 is 51.1 Å². The second-order valence-electron chi connectivity index (χ2n) is 7.26. The molecular weight excluding hydrogens is 417 g/mol. The number of pyridine rings is 1. The molecule has 0 spiro atoms. The van der Waals surface area contributed by atoms with E-state index in [2.05, 4.69) is 15.4 Å². The van der Waals surface area contributed by atoms with E-state index in [-0.39, 0.29) is 12.5 Å². The topological polar surface area (TPSA) is 138 Å². The Balaban J connectivity index is 1.61. The highest BCUT2D eigenvalue weighted by Crippen LogP contribution is 2.22. The van der Waals surface area contributed by atoms with Crippen molar-refractivity contribution in [3.8, 4) is 0 Å². The Bertz CT molecular complexity index is 1300. The van der Waals surface area contributed by atoms with Gasteiger partial charge in [0.1, 0.15) is 0 Å². The molecule has 0 saturated heterocycles. The number of rotatable bonds is 5. The number of nitrogens with one attached hydrogen (secondary N) is 1. The number of nitrogens with two attached hydrogens (primary N) is 1. The van der Waals surface area contributed by atoms with E-state index in [0.29, 0.717) is 26.6 Å². The summed E-state index contributed by atoms with van der Waals surface area (Å²) in [5, 5.41) is 19.1. The van der Waals surface area contributed by atoms with E-state index >= 15 is 0 Å². The van der Waals surface area contributed by atoms with Crippen LogP contribution in [0.2, 0.25) is 0 Å². The number of hydrazone groups is 1. The van der Waals surface area contributed by atoms with Crippen molar-refractivity contribution < 1.29 is 18.2 Å². The van der Waals surface area contributed by atoms with Gasteiger partial charge in [0.05, 0.1) is 18.4 Å². The second-order valence-corrected chi connectivity index (χ2v) is 9.10. The van der Waals surface area contributed by atoms with Crippen LogP contribution >= 0.6 is 0 Å². The fraction of sp³-hybridized carbons (Fsp3) is 0.150. The average molecular weight is 437 g/mol. The summed E-state index contributed by atoms with van der Waals surface area (Å²) < 4.78 is 24.3. The number of benzene rings is 2. The number of sulfonamides is 1. The summed E-state index contributed by atoms with van der Waals surface area (Å²) in [4.78, 5) is 17.0. The Morgan fingerprint density at radius 2 is 2.03 bits per heavy atom. The maximum Gasteiger partial charge on any atom is 0.484 e. The first-order valence-electron chi connectivity index (χ1n) is 9.48. The molecule has 1 aliphatic rings. The summed E-state index contributed by atoms with van der Waals surface area (Å²) in [5.74, 6) is -1.01. The van der Waals surface area contributed by atoms with Gasteiger partial charge in [0.2, 0.25) is 15.9 Å². The molecule has 11 heteroatoms. The molecule has 1 aromatic heterocycles. The van der Waals surface area contributed by atoms with Crippen molar-refractivity contribution in [2.75, 3.05) is 18.1 Å². The summed E-state index contributed by atoms with van der Waals surface area (Å²) in [5.41, 5.74) is 7.98. The van der Waals surface area contributed by atoms with Gasteiger partial charge in [-0.15, -0.1) is 0 Å². The van der Waals surface area contributed by atoms with Crippen molar-refractivity contribution in [3.05, 3.63) is 66.0 Å². The van der Waals surface area contributed by atoms with Gasteiger partial charge in [-0.25, -0.2) is 12.7 Å². The quantitative estimate of drug-likeness (QED) is 0.488. The van der Waals surface area contributed by atoms with Gasteiger partial charge in [0.15, 0.2) is 0 Å². The van der Waals surface area contributed by atoms with Gasteiger partial charge in [-0.2, -0.15) is 5.10 Å². The molecule has 0 radical (unpaired) electrons. The Morgan fingerprint density at radius 3 is 2.77 bits per heavy atom. The van der Waals surface area contributed by atoms with Crippen molar-refractivity contribution in [1.82, 2.24) is 9.31 Å². The van der Waals surface area contributed by atoms with Gasteiger partial charge >= 0.3 is 7.05 Å². The lowest BCUT2D eigenvalue weighted by Gasteiger charge is -2.25. The molecular formula is C20H20BN5O4S. The van der Waals surface area contributed by atoms with Crippen molar-refractivity contribution in [3.63, 3.8) is 0 Å². The van der Waals surface area contributed by atoms with Crippen LogP contribution < -0.4 is 16.5 Å². The Hall–Kier alpha value is -3.28. The largest absolute Gasteiger partial charge is 0.484 e. The van der Waals surface area contributed by atoms with E-state index in [1.54, 1.807) is 36.7 Å². The number of hydrogen-bond donors (Lipinski definition) is 3. The van der Waals surface area contributed by atoms with E-state index in [1.165, 1.54) is 6.21 Å². The maximum atomic E-state index is 13.0. The van der Waals surface area contributed by atoms with Gasteiger partial charge < -0.3 is 16.1 Å². The van der Waals surface area contributed by atoms with Gasteiger partial charge in [-0.1, -0.05) is 24.3 Å². The predicted octanol–water partition coefficient (Wildman–Crippen LogP) is 0.212. The average Bonchev–Trinajstić information content (AvgIpc) is 2.74. The van der Waals surface area contributed by atoms with Crippen LogP contribution in [0.15, 0.2) is 60.0 Å². The SMILES string of the molecule is CS(=O)(=O)N1N=Cc2ccc(C(CN)C(=O)Nc3ccc4cnccc4c3)cc2B1O. The molecule has 158 valence electrons. The van der Waals surface area contributed by atoms with Crippen LogP contribution in [0.1, 0.15) is 17.0 Å². The molecule has 1 aliphatic heterocycles. The van der Waals surface area contributed by atoms with E-state index in [0.717, 1.165) is 17.0 Å². The molecule has 9 nitrogen and oxygen atoms in total. The fourth-order valence-corrected chi connectivity index (χ4v) is 4.20. The zero-order chi connectivity index (χ0) is 22.2. The molecule has 3 aromatic rings. The van der Waals surface area contributed by atoms with E-state index in [4.69, 9.17) is 5.73 Å². The van der Waals surface area contributed by atoms with Crippen molar-refractivity contribution in [2.45, 2.75) is 5.92 Å². The first-order chi connectivity index (χ1) is 14.8. The minimum absolute atomic E-state index is 0.0299. The minimum atomic E-state index is -3.75. The lowest BCUT2D eigenvalue weighted by atomic mass is 9.70. The lowest BCUT2D eigenvalue weighted by Crippen LogP contribution is -2.52. The molecule has 2 aromatic carbocycles. The number of aromatic nitrogens is 1. The molecule has 4 rings (SSSR count). The second kappa shape index (κ2) is 8.10. The molecule has 31 heavy (non-hydrogen) atoms. The number of amides is 1. The number of fused-ring (bicyclic) bond motifs is 2. The van der Waals surface area contributed by atoms with Crippen LogP contribution in [-0.2, 0) is 14.8 Å². The standard InChI is InChI=1S/C20H20BN5O4S/c1-31(29,30)26-21(28)19-9-14(2-3-16(19)12-24-26)18(10-22)20(27)25-17-5-4-15-11-23-7-6-13(15)8-17/h2-9,11-12,18,28H,10,22H2,1H3,(H,25,27). The number of carbonyl (C=O) groups is 1. The van der Waals surface area contributed by atoms with Crippen LogP contribution in [0.25, 0.3) is 10.8 Å². The summed E-state index contributed by atoms with van der Waals surface area (Å²) in [6.07, 6.45) is 5.73. The Kier molecular flexibility index (Phi) is 5.48. The third-order valence-corrected chi connectivity index (χ3v) is 6.08. The number of nitrogens with zero attached hydrogens (tertiary/aromatic N) is 3. The van der Waals surface area contributed by atoms with Crippen molar-refractivity contribution in [2.24, 2.45) is 10.8 Å². The molecule has 1 unspecified atom stereocenters. The van der Waals surface area contributed by atoms with Crippen LogP contribution in [0.4, 0.5) is 5.69 Å². The third kappa shape index (κ3) is 4.15. The highest BCUT2D eigenvalue weighted by atomic mass is 32.2. The summed E-state index contributed by atoms with van der Waals surface area (Å²) in [6, 6.07) is 12.3. The first-order valence-corrected chi connectivity index (χ1v) is 11.3. The van der Waals surface area contributed by atoms with Gasteiger partial charge in [0, 0.05) is 30.0 Å². The van der Waals surface area contributed by atoms with E-state index in [9.17, 15) is 18.2 Å². The normalized spacial score (nSPS) is 14.4. The van der Waals surface area contributed by atoms with E-state index < -0.39 is 23.0 Å². The van der Waals surface area contributed by atoms with E-state index in [1.807, 2.05) is 18.2 Å². The maximum absolute atomic E-state index is 13.0. The molecule has 4 N–H and O–H groups in total. The molecule has 1 atom stereocenters. The zero-order valence-electron chi connectivity index (χ0n) is 16.6. The van der Waals surface area contributed by atoms with Gasteiger partial charge in [0.25, 0.3) is 0 Å². The summed E-state index contributed by atoms with van der Waals surface area (Å²) >= 11 is 0. The molecule has 0 saturated carbocycles. The highest BCUT2D eigenvalue weighted by Gasteiger charge is 2.35.